The van der Waals surface area contributed by atoms with Crippen LogP contribution in [0, 0.1) is 5.82 Å². The van der Waals surface area contributed by atoms with Crippen molar-refractivity contribution >= 4 is 21.8 Å². The molecule has 11 heteroatoms. The minimum absolute atomic E-state index is 0.114. The smallest absolute Gasteiger partial charge is 0.309 e. The number of para-hydroxylation sites is 1. The largest absolute Gasteiger partial charge is 0.416 e. The van der Waals surface area contributed by atoms with Crippen LogP contribution >= 0.6 is 0 Å². The number of nitrogens with zero attached hydrogens (tertiary/aromatic N) is 4. The van der Waals surface area contributed by atoms with E-state index in [2.05, 4.69) is 0 Å². The minimum Gasteiger partial charge on any atom is -0.309 e. The van der Waals surface area contributed by atoms with Crippen molar-refractivity contribution in [3.05, 3.63) is 181 Å². The molecule has 9 aromatic rings. The predicted octanol–water partition coefficient (Wildman–Crippen LogP) is 13.5. The second-order valence-corrected chi connectivity index (χ2v) is 13.7. The van der Waals surface area contributed by atoms with Crippen LogP contribution in [-0.2, 0) is 12.4 Å². The molecule has 0 fully saturated rings. The number of fused-ring (bicyclic) bond motifs is 3. The van der Waals surface area contributed by atoms with Crippen molar-refractivity contribution in [2.24, 2.45) is 0 Å². The van der Waals surface area contributed by atoms with Gasteiger partial charge in [0, 0.05) is 33.0 Å². The molecule has 0 amide bonds. The fourth-order valence-electron chi connectivity index (χ4n) is 7.22. The van der Waals surface area contributed by atoms with Crippen molar-refractivity contribution in [1.29, 1.82) is 0 Å². The molecule has 0 spiro atoms. The van der Waals surface area contributed by atoms with Crippen LogP contribution < -0.4 is 0 Å². The van der Waals surface area contributed by atoms with Gasteiger partial charge >= 0.3 is 12.4 Å². The second kappa shape index (κ2) is 14.1. The third-order valence-corrected chi connectivity index (χ3v) is 9.93. The molecular formula is C47H27F7N4. The number of hydrogen-bond donors (Lipinski definition) is 0. The third-order valence-electron chi connectivity index (χ3n) is 9.93. The quantitative estimate of drug-likeness (QED) is 0.158. The van der Waals surface area contributed by atoms with Gasteiger partial charge in [-0.15, -0.1) is 0 Å². The number of alkyl halides is 6. The Bertz CT molecular complexity index is 2900. The lowest BCUT2D eigenvalue weighted by Crippen LogP contribution is -2.11. The molecule has 58 heavy (non-hydrogen) atoms. The zero-order valence-electron chi connectivity index (χ0n) is 30.0. The highest BCUT2D eigenvalue weighted by atomic mass is 19.4. The molecule has 0 radical (unpaired) electrons. The summed E-state index contributed by atoms with van der Waals surface area (Å²) in [6, 6.07) is 44.2. The summed E-state index contributed by atoms with van der Waals surface area (Å²) in [4.78, 5) is 14.6. The molecule has 9 rings (SSSR count). The van der Waals surface area contributed by atoms with Gasteiger partial charge in [0.1, 0.15) is 5.82 Å². The SMILES string of the molecule is Fc1cccc(-c2ccc(-c3nc(-c4ccccc4)nc(-c4ccccc4)n3)cc2-n2c3ccccc3c3ccc(-c4cc(C(F)(F)F)cc(C(F)(F)F)c4)cc32)c1. The van der Waals surface area contributed by atoms with Gasteiger partial charge in [-0.3, -0.25) is 0 Å². The van der Waals surface area contributed by atoms with Crippen LogP contribution in [-0.4, -0.2) is 19.5 Å². The summed E-state index contributed by atoms with van der Waals surface area (Å²) in [5.74, 6) is 0.728. The van der Waals surface area contributed by atoms with Crippen molar-refractivity contribution in [1.82, 2.24) is 19.5 Å². The summed E-state index contributed by atoms with van der Waals surface area (Å²) in [5.41, 5.74) is 1.98. The molecular weight excluding hydrogens is 754 g/mol. The van der Waals surface area contributed by atoms with Gasteiger partial charge in [-0.1, -0.05) is 115 Å². The van der Waals surface area contributed by atoms with Gasteiger partial charge in [0.15, 0.2) is 17.5 Å². The molecule has 0 aliphatic carbocycles. The Morgan fingerprint density at radius 3 is 1.52 bits per heavy atom. The highest BCUT2D eigenvalue weighted by Crippen LogP contribution is 2.42. The molecule has 0 bridgehead atoms. The first-order valence-electron chi connectivity index (χ1n) is 18.0. The molecule has 0 atom stereocenters. The number of rotatable bonds is 6. The van der Waals surface area contributed by atoms with Gasteiger partial charge in [-0.05, 0) is 65.2 Å². The Morgan fingerprint density at radius 2 is 0.914 bits per heavy atom. The molecule has 4 nitrogen and oxygen atoms in total. The fraction of sp³-hybridized carbons (Fsp3) is 0.0426. The molecule has 2 heterocycles. The van der Waals surface area contributed by atoms with Gasteiger partial charge in [-0.25, -0.2) is 19.3 Å². The van der Waals surface area contributed by atoms with E-state index in [1.807, 2.05) is 108 Å². The maximum Gasteiger partial charge on any atom is 0.416 e. The number of aromatic nitrogens is 4. The van der Waals surface area contributed by atoms with E-state index in [9.17, 15) is 30.7 Å². The van der Waals surface area contributed by atoms with E-state index in [0.29, 0.717) is 56.3 Å². The van der Waals surface area contributed by atoms with Crippen molar-refractivity contribution in [3.63, 3.8) is 0 Å². The third kappa shape index (κ3) is 6.85. The zero-order valence-corrected chi connectivity index (χ0v) is 30.0. The molecule has 0 saturated heterocycles. The summed E-state index contributed by atoms with van der Waals surface area (Å²) in [6.07, 6.45) is -10.0. The normalized spacial score (nSPS) is 12.1. The highest BCUT2D eigenvalue weighted by Gasteiger charge is 2.37. The first-order valence-corrected chi connectivity index (χ1v) is 18.0. The van der Waals surface area contributed by atoms with E-state index < -0.39 is 29.3 Å². The fourth-order valence-corrected chi connectivity index (χ4v) is 7.22. The molecule has 0 unspecified atom stereocenters. The van der Waals surface area contributed by atoms with E-state index >= 15 is 0 Å². The first-order chi connectivity index (χ1) is 27.9. The summed E-state index contributed by atoms with van der Waals surface area (Å²) >= 11 is 0. The molecule has 0 aliphatic heterocycles. The Hall–Kier alpha value is -7.14. The van der Waals surface area contributed by atoms with Gasteiger partial charge in [-0.2, -0.15) is 26.3 Å². The van der Waals surface area contributed by atoms with Crippen molar-refractivity contribution < 1.29 is 30.7 Å². The van der Waals surface area contributed by atoms with Crippen LogP contribution in [0.3, 0.4) is 0 Å². The van der Waals surface area contributed by atoms with Crippen molar-refractivity contribution in [2.45, 2.75) is 12.4 Å². The van der Waals surface area contributed by atoms with Crippen LogP contribution in [0.15, 0.2) is 164 Å². The summed E-state index contributed by atoms with van der Waals surface area (Å²) in [6.45, 7) is 0. The van der Waals surface area contributed by atoms with E-state index in [-0.39, 0.29) is 17.2 Å². The molecule has 2 aromatic heterocycles. The zero-order chi connectivity index (χ0) is 40.2. The molecule has 7 aromatic carbocycles. The van der Waals surface area contributed by atoms with Crippen molar-refractivity contribution in [2.75, 3.05) is 0 Å². The lowest BCUT2D eigenvalue weighted by Gasteiger charge is -2.17. The van der Waals surface area contributed by atoms with Crippen molar-refractivity contribution in [3.8, 4) is 62.1 Å². The Balaban J connectivity index is 1.32. The van der Waals surface area contributed by atoms with E-state index in [0.717, 1.165) is 28.6 Å². The predicted molar refractivity (Wildman–Crippen MR) is 211 cm³/mol. The molecule has 0 aliphatic rings. The van der Waals surface area contributed by atoms with Crippen LogP contribution in [0.4, 0.5) is 30.7 Å². The summed E-state index contributed by atoms with van der Waals surface area (Å²) in [7, 11) is 0. The molecule has 0 saturated carbocycles. The Kier molecular flexibility index (Phi) is 8.88. The van der Waals surface area contributed by atoms with E-state index in [1.165, 1.54) is 18.2 Å². The van der Waals surface area contributed by atoms with Gasteiger partial charge in [0.05, 0.1) is 27.8 Å². The lowest BCUT2D eigenvalue weighted by molar-refractivity contribution is -0.143. The summed E-state index contributed by atoms with van der Waals surface area (Å²) in [5, 5.41) is 1.47. The number of benzene rings is 7. The first kappa shape index (κ1) is 36.5. The van der Waals surface area contributed by atoms with Gasteiger partial charge < -0.3 is 4.57 Å². The standard InChI is InChI=1S/C47H27F7N4/c48-36-15-9-14-31(24-36)37-20-19-32(45-56-43(28-10-3-1-4-11-28)55-44(57-45)29-12-5-2-6-13-29)26-41(37)58-40-17-8-7-16-38(40)39-21-18-30(25-42(39)58)33-22-34(46(49,50)51)27-35(23-33)47(52,53)54/h1-27H. The topological polar surface area (TPSA) is 43.6 Å². The van der Waals surface area contributed by atoms with Crippen LogP contribution in [0.25, 0.3) is 83.9 Å². The minimum atomic E-state index is -5.02. The average molecular weight is 781 g/mol. The average Bonchev–Trinajstić information content (AvgIpc) is 3.56. The van der Waals surface area contributed by atoms with E-state index in [1.54, 1.807) is 24.3 Å². The van der Waals surface area contributed by atoms with Gasteiger partial charge in [0.25, 0.3) is 0 Å². The van der Waals surface area contributed by atoms with Crippen LogP contribution in [0.1, 0.15) is 11.1 Å². The highest BCUT2D eigenvalue weighted by molar-refractivity contribution is 6.11. The Labute approximate surface area is 326 Å². The summed E-state index contributed by atoms with van der Waals surface area (Å²) < 4.78 is 101. The second-order valence-electron chi connectivity index (χ2n) is 13.7. The van der Waals surface area contributed by atoms with Crippen LogP contribution in [0.2, 0.25) is 0 Å². The maximum absolute atomic E-state index is 14.9. The number of halogens is 7. The van der Waals surface area contributed by atoms with E-state index in [4.69, 9.17) is 15.0 Å². The van der Waals surface area contributed by atoms with Gasteiger partial charge in [0.2, 0.25) is 0 Å². The Morgan fingerprint density at radius 1 is 0.379 bits per heavy atom. The number of hydrogen-bond acceptors (Lipinski definition) is 3. The lowest BCUT2D eigenvalue weighted by atomic mass is 9.98. The maximum atomic E-state index is 14.9. The molecule has 0 N–H and O–H groups in total. The monoisotopic (exact) mass is 780 g/mol. The van der Waals surface area contributed by atoms with Crippen LogP contribution in [0.5, 0.6) is 0 Å². The molecule has 284 valence electrons.